The predicted molar refractivity (Wildman–Crippen MR) is 112 cm³/mol. The van der Waals surface area contributed by atoms with Crippen molar-refractivity contribution in [3.05, 3.63) is 64.5 Å². The first kappa shape index (κ1) is 24.0. The van der Waals surface area contributed by atoms with Gasteiger partial charge in [0.15, 0.2) is 11.6 Å². The van der Waals surface area contributed by atoms with Crippen LogP contribution in [0.2, 0.25) is 0 Å². The van der Waals surface area contributed by atoms with Gasteiger partial charge in [0.1, 0.15) is 0 Å². The number of alkyl halides is 3. The average molecular weight is 453 g/mol. The molecule has 1 aliphatic carbocycles. The fraction of sp³-hybridized carbons (Fsp3) is 0.458. The summed E-state index contributed by atoms with van der Waals surface area (Å²) < 4.78 is 59.4. The van der Waals surface area contributed by atoms with E-state index in [9.17, 15) is 22.4 Å². The lowest BCUT2D eigenvalue weighted by atomic mass is 9.92. The lowest BCUT2D eigenvalue weighted by Crippen LogP contribution is -2.29. The van der Waals surface area contributed by atoms with Crippen LogP contribution in [0.25, 0.3) is 0 Å². The third-order valence-electron chi connectivity index (χ3n) is 6.11. The van der Waals surface area contributed by atoms with Gasteiger partial charge in [0.05, 0.1) is 12.7 Å². The van der Waals surface area contributed by atoms with Crippen LogP contribution in [0.5, 0.6) is 5.75 Å². The SMILES string of the molecule is COc1cc([C@@H](C)N[C@@H]2CC[C@H](c3ccc(CCC(=O)O)c(C(F)(F)F)c3)C2)ccc1F. The van der Waals surface area contributed by atoms with E-state index < -0.39 is 23.5 Å². The number of hydrogen-bond donors (Lipinski definition) is 2. The topological polar surface area (TPSA) is 58.6 Å². The van der Waals surface area contributed by atoms with E-state index in [4.69, 9.17) is 9.84 Å². The second-order valence-corrected chi connectivity index (χ2v) is 8.30. The van der Waals surface area contributed by atoms with Crippen molar-refractivity contribution in [2.45, 2.75) is 63.2 Å². The third kappa shape index (κ3) is 5.79. The summed E-state index contributed by atoms with van der Waals surface area (Å²) in [5, 5.41) is 12.3. The highest BCUT2D eigenvalue weighted by Crippen LogP contribution is 2.40. The molecule has 0 unspecified atom stereocenters. The highest BCUT2D eigenvalue weighted by atomic mass is 19.4. The molecule has 2 N–H and O–H groups in total. The van der Waals surface area contributed by atoms with Gasteiger partial charge >= 0.3 is 12.1 Å². The molecule has 1 aliphatic rings. The first-order chi connectivity index (χ1) is 15.1. The zero-order valence-electron chi connectivity index (χ0n) is 18.0. The van der Waals surface area contributed by atoms with Gasteiger partial charge in [-0.05, 0) is 73.4 Å². The normalized spacial score (nSPS) is 19.7. The summed E-state index contributed by atoms with van der Waals surface area (Å²) in [5.74, 6) is -1.41. The minimum Gasteiger partial charge on any atom is -0.494 e. The van der Waals surface area contributed by atoms with Crippen LogP contribution in [0.3, 0.4) is 0 Å². The maximum Gasteiger partial charge on any atom is 0.416 e. The Bertz CT molecular complexity index is 961. The molecule has 0 bridgehead atoms. The number of benzene rings is 2. The molecule has 2 aromatic rings. The largest absolute Gasteiger partial charge is 0.494 e. The second kappa shape index (κ2) is 9.90. The van der Waals surface area contributed by atoms with Gasteiger partial charge in [0.25, 0.3) is 0 Å². The molecule has 2 aromatic carbocycles. The van der Waals surface area contributed by atoms with E-state index in [0.29, 0.717) is 12.0 Å². The molecule has 174 valence electrons. The van der Waals surface area contributed by atoms with Crippen molar-refractivity contribution in [2.24, 2.45) is 0 Å². The molecule has 3 atom stereocenters. The summed E-state index contributed by atoms with van der Waals surface area (Å²) in [6, 6.07) is 9.01. The highest BCUT2D eigenvalue weighted by Gasteiger charge is 2.35. The summed E-state index contributed by atoms with van der Waals surface area (Å²) in [4.78, 5) is 10.8. The van der Waals surface area contributed by atoms with Gasteiger partial charge in [-0.25, -0.2) is 4.39 Å². The van der Waals surface area contributed by atoms with E-state index in [0.717, 1.165) is 18.4 Å². The Morgan fingerprint density at radius 3 is 2.62 bits per heavy atom. The van der Waals surface area contributed by atoms with Crippen LogP contribution in [0.1, 0.15) is 66.8 Å². The van der Waals surface area contributed by atoms with Gasteiger partial charge in [-0.15, -0.1) is 0 Å². The van der Waals surface area contributed by atoms with Gasteiger partial charge < -0.3 is 15.2 Å². The quantitative estimate of drug-likeness (QED) is 0.492. The van der Waals surface area contributed by atoms with E-state index in [1.54, 1.807) is 18.2 Å². The lowest BCUT2D eigenvalue weighted by molar-refractivity contribution is -0.140. The molecule has 0 amide bonds. The number of carboxylic acids is 1. The Morgan fingerprint density at radius 1 is 1.22 bits per heavy atom. The summed E-state index contributed by atoms with van der Waals surface area (Å²) in [5.41, 5.74) is 0.750. The Labute approximate surface area is 184 Å². The summed E-state index contributed by atoms with van der Waals surface area (Å²) in [6.07, 6.45) is -2.77. The van der Waals surface area contributed by atoms with Gasteiger partial charge in [-0.1, -0.05) is 18.2 Å². The van der Waals surface area contributed by atoms with Gasteiger partial charge in [-0.3, -0.25) is 4.79 Å². The van der Waals surface area contributed by atoms with Crippen LogP contribution >= 0.6 is 0 Å². The molecule has 3 rings (SSSR count). The number of halogens is 4. The van der Waals surface area contributed by atoms with E-state index in [1.165, 1.54) is 25.3 Å². The van der Waals surface area contributed by atoms with Crippen molar-refractivity contribution in [3.63, 3.8) is 0 Å². The number of carbonyl (C=O) groups is 1. The zero-order valence-corrected chi connectivity index (χ0v) is 18.0. The molecular formula is C24H27F4NO3. The Balaban J connectivity index is 1.69. The Morgan fingerprint density at radius 2 is 1.97 bits per heavy atom. The fourth-order valence-electron chi connectivity index (χ4n) is 4.40. The lowest BCUT2D eigenvalue weighted by Gasteiger charge is -2.21. The average Bonchev–Trinajstić information content (AvgIpc) is 3.20. The van der Waals surface area contributed by atoms with E-state index in [1.807, 2.05) is 6.92 Å². The van der Waals surface area contributed by atoms with Crippen LogP contribution in [-0.2, 0) is 17.4 Å². The predicted octanol–water partition coefficient (Wildman–Crippen LogP) is 5.86. The zero-order chi connectivity index (χ0) is 23.5. The third-order valence-corrected chi connectivity index (χ3v) is 6.11. The molecule has 0 saturated heterocycles. The number of carboxylic acid groups (broad SMARTS) is 1. The van der Waals surface area contributed by atoms with Crippen molar-refractivity contribution in [3.8, 4) is 5.75 Å². The standard InChI is InChI=1S/C24H27F4NO3/c1-14(16-6-9-21(25)22(13-16)32-2)29-19-8-5-17(11-19)18-4-3-15(7-10-23(30)31)20(12-18)24(26,27)28/h3-4,6,9,12-14,17,19,29H,5,7-8,10-11H2,1-2H3,(H,30,31)/t14-,17+,19-/m1/s1. The monoisotopic (exact) mass is 453 g/mol. The number of rotatable bonds is 8. The molecule has 0 aliphatic heterocycles. The first-order valence-corrected chi connectivity index (χ1v) is 10.6. The number of nitrogens with one attached hydrogen (secondary N) is 1. The molecule has 1 saturated carbocycles. The molecule has 0 spiro atoms. The van der Waals surface area contributed by atoms with Crippen LogP contribution in [-0.4, -0.2) is 24.2 Å². The Hall–Kier alpha value is -2.61. The number of aliphatic carboxylic acids is 1. The van der Waals surface area contributed by atoms with Crippen LogP contribution in [0.15, 0.2) is 36.4 Å². The molecule has 0 radical (unpaired) electrons. The summed E-state index contributed by atoms with van der Waals surface area (Å²) >= 11 is 0. The van der Waals surface area contributed by atoms with E-state index in [-0.39, 0.29) is 42.2 Å². The first-order valence-electron chi connectivity index (χ1n) is 10.6. The van der Waals surface area contributed by atoms with E-state index in [2.05, 4.69) is 5.32 Å². The molecular weight excluding hydrogens is 426 g/mol. The summed E-state index contributed by atoms with van der Waals surface area (Å²) in [7, 11) is 1.41. The molecule has 8 heteroatoms. The minimum atomic E-state index is -4.53. The van der Waals surface area contributed by atoms with Crippen molar-refractivity contribution < 1.29 is 32.2 Å². The van der Waals surface area contributed by atoms with Gasteiger partial charge in [0, 0.05) is 18.5 Å². The van der Waals surface area contributed by atoms with Crippen molar-refractivity contribution >= 4 is 5.97 Å². The van der Waals surface area contributed by atoms with Crippen molar-refractivity contribution in [1.82, 2.24) is 5.32 Å². The number of methoxy groups -OCH3 is 1. The molecule has 32 heavy (non-hydrogen) atoms. The maximum atomic E-state index is 13.7. The molecule has 4 nitrogen and oxygen atoms in total. The molecule has 1 fully saturated rings. The van der Waals surface area contributed by atoms with Gasteiger partial charge in [0.2, 0.25) is 0 Å². The van der Waals surface area contributed by atoms with Crippen molar-refractivity contribution in [2.75, 3.05) is 7.11 Å². The maximum absolute atomic E-state index is 13.7. The van der Waals surface area contributed by atoms with Crippen molar-refractivity contribution in [1.29, 1.82) is 0 Å². The number of aryl methyl sites for hydroxylation is 1. The number of hydrogen-bond acceptors (Lipinski definition) is 3. The second-order valence-electron chi connectivity index (χ2n) is 8.30. The number of ether oxygens (including phenoxy) is 1. The Kier molecular flexibility index (Phi) is 7.44. The van der Waals surface area contributed by atoms with Crippen LogP contribution in [0, 0.1) is 5.82 Å². The fourth-order valence-corrected chi connectivity index (χ4v) is 4.40. The minimum absolute atomic E-state index is 0.00945. The van der Waals surface area contributed by atoms with Crippen LogP contribution < -0.4 is 10.1 Å². The smallest absolute Gasteiger partial charge is 0.416 e. The van der Waals surface area contributed by atoms with Crippen LogP contribution in [0.4, 0.5) is 17.6 Å². The summed E-state index contributed by atoms with van der Waals surface area (Å²) in [6.45, 7) is 1.96. The molecule has 0 heterocycles. The van der Waals surface area contributed by atoms with E-state index >= 15 is 0 Å². The van der Waals surface area contributed by atoms with Gasteiger partial charge in [-0.2, -0.15) is 13.2 Å². The molecule has 0 aromatic heterocycles. The highest BCUT2D eigenvalue weighted by molar-refractivity contribution is 5.67.